The Morgan fingerprint density at radius 2 is 1.59 bits per heavy atom. The Labute approximate surface area is 131 Å². The first kappa shape index (κ1) is 15.9. The fraction of sp³-hybridized carbons (Fsp3) is 0.222. The molecule has 0 saturated heterocycles. The maximum atomic E-state index is 8.71. The van der Waals surface area contributed by atoms with Crippen molar-refractivity contribution in [2.75, 3.05) is 25.1 Å². The number of aliphatic hydroxyl groups is 1. The van der Waals surface area contributed by atoms with Crippen molar-refractivity contribution in [3.05, 3.63) is 66.7 Å². The Balaban J connectivity index is 1.83. The number of aliphatic hydroxyl groups excluding tert-OH is 1. The smallest absolute Gasteiger partial charge is 0.119 e. The first-order valence-electron chi connectivity index (χ1n) is 7.22. The van der Waals surface area contributed by atoms with Gasteiger partial charge < -0.3 is 19.9 Å². The fourth-order valence-corrected chi connectivity index (χ4v) is 1.90. The van der Waals surface area contributed by atoms with Crippen LogP contribution in [0.15, 0.2) is 61.2 Å². The highest BCUT2D eigenvalue weighted by Gasteiger charge is 1.98. The van der Waals surface area contributed by atoms with Crippen molar-refractivity contribution in [2.24, 2.45) is 0 Å². The van der Waals surface area contributed by atoms with E-state index in [2.05, 4.69) is 11.9 Å². The Kier molecular flexibility index (Phi) is 6.33. The van der Waals surface area contributed by atoms with Gasteiger partial charge in [-0.1, -0.05) is 24.8 Å². The lowest BCUT2D eigenvalue weighted by Gasteiger charge is -2.09. The van der Waals surface area contributed by atoms with Crippen LogP contribution in [0.5, 0.6) is 11.5 Å². The molecule has 0 spiro atoms. The van der Waals surface area contributed by atoms with Crippen LogP contribution in [0.4, 0.5) is 5.69 Å². The highest BCUT2D eigenvalue weighted by molar-refractivity contribution is 5.47. The summed E-state index contributed by atoms with van der Waals surface area (Å²) in [4.78, 5) is 0. The number of ether oxygens (including phenoxy) is 2. The monoisotopic (exact) mass is 299 g/mol. The van der Waals surface area contributed by atoms with E-state index in [0.717, 1.165) is 23.7 Å². The molecule has 0 unspecified atom stereocenters. The molecule has 2 rings (SSSR count). The lowest BCUT2D eigenvalue weighted by molar-refractivity contribution is 0.201. The van der Waals surface area contributed by atoms with E-state index in [0.29, 0.717) is 13.2 Å². The van der Waals surface area contributed by atoms with Gasteiger partial charge in [-0.2, -0.15) is 0 Å². The van der Waals surface area contributed by atoms with Gasteiger partial charge in [0, 0.05) is 12.2 Å². The number of hydrogen-bond acceptors (Lipinski definition) is 4. The summed E-state index contributed by atoms with van der Waals surface area (Å²) >= 11 is 0. The molecule has 0 aliphatic rings. The van der Waals surface area contributed by atoms with Crippen LogP contribution >= 0.6 is 0 Å². The van der Waals surface area contributed by atoms with Crippen molar-refractivity contribution in [1.29, 1.82) is 0 Å². The zero-order chi connectivity index (χ0) is 15.6. The summed E-state index contributed by atoms with van der Waals surface area (Å²) in [6, 6.07) is 15.6. The minimum atomic E-state index is 0.0203. The van der Waals surface area contributed by atoms with E-state index in [9.17, 15) is 0 Å². The minimum Gasteiger partial charge on any atom is -0.491 e. The predicted molar refractivity (Wildman–Crippen MR) is 88.5 cm³/mol. The lowest BCUT2D eigenvalue weighted by atomic mass is 10.2. The predicted octanol–water partition coefficient (Wildman–Crippen LogP) is 3.23. The molecule has 0 amide bonds. The third-order valence-corrected chi connectivity index (χ3v) is 3.00. The van der Waals surface area contributed by atoms with Crippen LogP contribution in [-0.2, 0) is 6.54 Å². The SMILES string of the molecule is C=CCOc1ccc(CNc2ccc(OCCO)cc2)cc1. The van der Waals surface area contributed by atoms with Gasteiger partial charge in [0.2, 0.25) is 0 Å². The summed E-state index contributed by atoms with van der Waals surface area (Å²) in [6.45, 7) is 5.21. The maximum Gasteiger partial charge on any atom is 0.119 e. The summed E-state index contributed by atoms with van der Waals surface area (Å²) in [5.41, 5.74) is 2.19. The average Bonchev–Trinajstić information content (AvgIpc) is 2.58. The molecule has 0 heterocycles. The zero-order valence-electron chi connectivity index (χ0n) is 12.5. The topological polar surface area (TPSA) is 50.7 Å². The first-order chi connectivity index (χ1) is 10.8. The molecule has 2 N–H and O–H groups in total. The normalized spacial score (nSPS) is 10.0. The quantitative estimate of drug-likeness (QED) is 0.698. The molecule has 22 heavy (non-hydrogen) atoms. The van der Waals surface area contributed by atoms with Crippen LogP contribution < -0.4 is 14.8 Å². The molecule has 116 valence electrons. The van der Waals surface area contributed by atoms with Crippen molar-refractivity contribution >= 4 is 5.69 Å². The van der Waals surface area contributed by atoms with Gasteiger partial charge in [0.1, 0.15) is 24.7 Å². The first-order valence-corrected chi connectivity index (χ1v) is 7.22. The lowest BCUT2D eigenvalue weighted by Crippen LogP contribution is -2.02. The van der Waals surface area contributed by atoms with E-state index in [-0.39, 0.29) is 6.61 Å². The maximum absolute atomic E-state index is 8.71. The summed E-state index contributed by atoms with van der Waals surface area (Å²) in [7, 11) is 0. The van der Waals surface area contributed by atoms with E-state index in [1.165, 1.54) is 5.56 Å². The van der Waals surface area contributed by atoms with Gasteiger partial charge in [-0.25, -0.2) is 0 Å². The molecule has 4 nitrogen and oxygen atoms in total. The number of nitrogens with one attached hydrogen (secondary N) is 1. The second-order valence-corrected chi connectivity index (χ2v) is 4.69. The molecule has 0 aliphatic heterocycles. The summed E-state index contributed by atoms with van der Waals surface area (Å²) in [6.07, 6.45) is 1.73. The number of anilines is 1. The van der Waals surface area contributed by atoms with Crippen LogP contribution in [0.25, 0.3) is 0 Å². The third-order valence-electron chi connectivity index (χ3n) is 3.00. The molecule has 0 aromatic heterocycles. The summed E-state index contributed by atoms with van der Waals surface area (Å²) in [5.74, 6) is 1.59. The Morgan fingerprint density at radius 3 is 2.23 bits per heavy atom. The second kappa shape index (κ2) is 8.74. The van der Waals surface area contributed by atoms with Crippen molar-refractivity contribution in [3.63, 3.8) is 0 Å². The largest absolute Gasteiger partial charge is 0.491 e. The van der Waals surface area contributed by atoms with E-state index in [1.807, 2.05) is 48.5 Å². The number of benzene rings is 2. The van der Waals surface area contributed by atoms with Crippen LogP contribution in [-0.4, -0.2) is 24.9 Å². The van der Waals surface area contributed by atoms with Crippen molar-refractivity contribution in [2.45, 2.75) is 6.54 Å². The molecule has 0 bridgehead atoms. The molecule has 4 heteroatoms. The molecular formula is C18H21NO3. The molecule has 0 radical (unpaired) electrons. The zero-order valence-corrected chi connectivity index (χ0v) is 12.5. The Morgan fingerprint density at radius 1 is 0.955 bits per heavy atom. The van der Waals surface area contributed by atoms with E-state index in [4.69, 9.17) is 14.6 Å². The Bertz CT molecular complexity index is 564. The second-order valence-electron chi connectivity index (χ2n) is 4.69. The molecule has 2 aromatic carbocycles. The molecule has 0 aliphatic carbocycles. The van der Waals surface area contributed by atoms with Crippen LogP contribution in [0.3, 0.4) is 0 Å². The fourth-order valence-electron chi connectivity index (χ4n) is 1.90. The van der Waals surface area contributed by atoms with Gasteiger partial charge in [0.25, 0.3) is 0 Å². The van der Waals surface area contributed by atoms with Crippen LogP contribution in [0.2, 0.25) is 0 Å². The summed E-state index contributed by atoms with van der Waals surface area (Å²) in [5, 5.41) is 12.1. The highest BCUT2D eigenvalue weighted by atomic mass is 16.5. The molecule has 2 aromatic rings. The van der Waals surface area contributed by atoms with Gasteiger partial charge in [-0.15, -0.1) is 0 Å². The molecular weight excluding hydrogens is 278 g/mol. The molecule has 0 fully saturated rings. The van der Waals surface area contributed by atoms with E-state index < -0.39 is 0 Å². The van der Waals surface area contributed by atoms with Crippen LogP contribution in [0, 0.1) is 0 Å². The minimum absolute atomic E-state index is 0.0203. The number of hydrogen-bond donors (Lipinski definition) is 2. The van der Waals surface area contributed by atoms with Crippen molar-refractivity contribution < 1.29 is 14.6 Å². The van der Waals surface area contributed by atoms with Gasteiger partial charge in [-0.3, -0.25) is 0 Å². The average molecular weight is 299 g/mol. The van der Waals surface area contributed by atoms with Gasteiger partial charge in [0.15, 0.2) is 0 Å². The van der Waals surface area contributed by atoms with Crippen molar-refractivity contribution in [3.8, 4) is 11.5 Å². The van der Waals surface area contributed by atoms with Gasteiger partial charge in [-0.05, 0) is 42.0 Å². The van der Waals surface area contributed by atoms with Gasteiger partial charge in [0.05, 0.1) is 6.61 Å². The summed E-state index contributed by atoms with van der Waals surface area (Å²) < 4.78 is 10.8. The van der Waals surface area contributed by atoms with Crippen LogP contribution in [0.1, 0.15) is 5.56 Å². The van der Waals surface area contributed by atoms with Gasteiger partial charge >= 0.3 is 0 Å². The molecule has 0 atom stereocenters. The number of rotatable bonds is 9. The van der Waals surface area contributed by atoms with E-state index in [1.54, 1.807) is 6.08 Å². The third kappa shape index (κ3) is 5.14. The Hall–Kier alpha value is -2.46. The highest BCUT2D eigenvalue weighted by Crippen LogP contribution is 2.17. The standard InChI is InChI=1S/C18H21NO3/c1-2-12-21-17-7-3-15(4-8-17)14-19-16-5-9-18(10-6-16)22-13-11-20/h2-10,19-20H,1,11-14H2. The van der Waals surface area contributed by atoms with Crippen molar-refractivity contribution in [1.82, 2.24) is 0 Å². The molecule has 0 saturated carbocycles. The van der Waals surface area contributed by atoms with E-state index >= 15 is 0 Å².